The van der Waals surface area contributed by atoms with E-state index in [1.165, 1.54) is 43.6 Å². The van der Waals surface area contributed by atoms with Crippen LogP contribution in [0.2, 0.25) is 0 Å². The first-order valence-electron chi connectivity index (χ1n) is 9.17. The molecule has 3 aromatic rings. The Bertz CT molecular complexity index is 1330. The zero-order chi connectivity index (χ0) is 23.0. The van der Waals surface area contributed by atoms with Crippen molar-refractivity contribution >= 4 is 27.5 Å². The standard InChI is InChI=1S/C21H15F2N3O5S/c1-31-17-7-4-12(11-26-20(27)14-3-2-8-24-19(14)21(26)28)9-18(17)32(29,30)25-16-10-13(22)5-6-15(16)23/h2-10,25H,11H2,1H3. The number of fused-ring (bicyclic) bond motifs is 1. The summed E-state index contributed by atoms with van der Waals surface area (Å²) >= 11 is 0. The van der Waals surface area contributed by atoms with E-state index in [1.807, 2.05) is 4.72 Å². The fraction of sp³-hybridized carbons (Fsp3) is 0.0952. The first-order chi connectivity index (χ1) is 15.2. The number of rotatable bonds is 6. The topological polar surface area (TPSA) is 106 Å². The molecule has 0 atom stereocenters. The van der Waals surface area contributed by atoms with E-state index < -0.39 is 39.2 Å². The van der Waals surface area contributed by atoms with Crippen molar-refractivity contribution in [2.45, 2.75) is 11.4 Å². The Morgan fingerprint density at radius 1 is 1.06 bits per heavy atom. The van der Waals surface area contributed by atoms with E-state index in [0.29, 0.717) is 11.6 Å². The summed E-state index contributed by atoms with van der Waals surface area (Å²) < 4.78 is 60.3. The molecule has 0 radical (unpaired) electrons. The summed E-state index contributed by atoms with van der Waals surface area (Å²) in [5.41, 5.74) is -0.117. The summed E-state index contributed by atoms with van der Waals surface area (Å²) in [5, 5.41) is 0. The molecule has 0 fully saturated rings. The van der Waals surface area contributed by atoms with Gasteiger partial charge in [0.1, 0.15) is 28.0 Å². The molecule has 2 heterocycles. The smallest absolute Gasteiger partial charge is 0.280 e. The van der Waals surface area contributed by atoms with Gasteiger partial charge in [-0.1, -0.05) is 6.07 Å². The molecule has 8 nitrogen and oxygen atoms in total. The number of hydrogen-bond donors (Lipinski definition) is 1. The Labute approximate surface area is 181 Å². The van der Waals surface area contributed by atoms with Gasteiger partial charge in [-0.25, -0.2) is 17.2 Å². The highest BCUT2D eigenvalue weighted by molar-refractivity contribution is 7.92. The van der Waals surface area contributed by atoms with Crippen molar-refractivity contribution in [1.82, 2.24) is 9.88 Å². The molecule has 32 heavy (non-hydrogen) atoms. The van der Waals surface area contributed by atoms with E-state index in [4.69, 9.17) is 4.74 Å². The first kappa shape index (κ1) is 21.4. The van der Waals surface area contributed by atoms with Gasteiger partial charge in [0.25, 0.3) is 21.8 Å². The Morgan fingerprint density at radius 2 is 1.84 bits per heavy atom. The number of methoxy groups -OCH3 is 1. The predicted molar refractivity (Wildman–Crippen MR) is 109 cm³/mol. The van der Waals surface area contributed by atoms with Gasteiger partial charge in [0.05, 0.1) is 24.9 Å². The highest BCUT2D eigenvalue weighted by Crippen LogP contribution is 2.30. The van der Waals surface area contributed by atoms with E-state index in [-0.39, 0.29) is 28.4 Å². The van der Waals surface area contributed by atoms with Crippen molar-refractivity contribution in [1.29, 1.82) is 0 Å². The number of nitrogens with one attached hydrogen (secondary N) is 1. The molecule has 11 heteroatoms. The van der Waals surface area contributed by atoms with E-state index in [1.54, 1.807) is 0 Å². The van der Waals surface area contributed by atoms with Crippen LogP contribution in [0.25, 0.3) is 0 Å². The van der Waals surface area contributed by atoms with Gasteiger partial charge < -0.3 is 4.74 Å². The third-order valence-electron chi connectivity index (χ3n) is 4.76. The monoisotopic (exact) mass is 459 g/mol. The molecule has 0 saturated carbocycles. The third-order valence-corrected chi connectivity index (χ3v) is 6.15. The van der Waals surface area contributed by atoms with Crippen molar-refractivity contribution < 1.29 is 31.5 Å². The number of anilines is 1. The summed E-state index contributed by atoms with van der Waals surface area (Å²) in [4.78, 5) is 29.6. The minimum atomic E-state index is -4.41. The highest BCUT2D eigenvalue weighted by Gasteiger charge is 2.36. The number of sulfonamides is 1. The minimum Gasteiger partial charge on any atom is -0.495 e. The molecule has 1 N–H and O–H groups in total. The second-order valence-electron chi connectivity index (χ2n) is 6.81. The number of ether oxygens (including phenoxy) is 1. The maximum Gasteiger partial charge on any atom is 0.280 e. The number of nitrogens with zero attached hydrogens (tertiary/aromatic N) is 2. The minimum absolute atomic E-state index is 0.0158. The van der Waals surface area contributed by atoms with Gasteiger partial charge in [-0.2, -0.15) is 0 Å². The van der Waals surface area contributed by atoms with Crippen LogP contribution >= 0.6 is 0 Å². The van der Waals surface area contributed by atoms with Crippen LogP contribution in [0.1, 0.15) is 26.4 Å². The van der Waals surface area contributed by atoms with Crippen LogP contribution in [0.15, 0.2) is 59.6 Å². The molecule has 0 saturated heterocycles. The van der Waals surface area contributed by atoms with E-state index in [2.05, 4.69) is 4.98 Å². The highest BCUT2D eigenvalue weighted by atomic mass is 32.2. The van der Waals surface area contributed by atoms with Gasteiger partial charge in [0.15, 0.2) is 0 Å². The van der Waals surface area contributed by atoms with E-state index in [0.717, 1.165) is 17.0 Å². The molecule has 0 spiro atoms. The molecule has 2 amide bonds. The van der Waals surface area contributed by atoms with Crippen LogP contribution in [0.4, 0.5) is 14.5 Å². The van der Waals surface area contributed by atoms with Crippen LogP contribution < -0.4 is 9.46 Å². The number of carbonyl (C=O) groups excluding carboxylic acids is 2. The predicted octanol–water partition coefficient (Wildman–Crippen LogP) is 2.97. The number of halogens is 2. The molecule has 0 aliphatic carbocycles. The third kappa shape index (κ3) is 3.78. The summed E-state index contributed by atoms with van der Waals surface area (Å²) in [6, 6.07) is 9.36. The Balaban J connectivity index is 1.67. The molecular formula is C21H15F2N3O5S. The number of benzene rings is 2. The first-order valence-corrected chi connectivity index (χ1v) is 10.7. The van der Waals surface area contributed by atoms with Crippen LogP contribution in [-0.4, -0.2) is 37.2 Å². The molecule has 2 aromatic carbocycles. The van der Waals surface area contributed by atoms with Gasteiger partial charge in [-0.15, -0.1) is 0 Å². The number of pyridine rings is 1. The van der Waals surface area contributed by atoms with Gasteiger partial charge in [0.2, 0.25) is 0 Å². The number of amides is 2. The fourth-order valence-electron chi connectivity index (χ4n) is 3.24. The lowest BCUT2D eigenvalue weighted by Crippen LogP contribution is -2.29. The zero-order valence-electron chi connectivity index (χ0n) is 16.5. The number of imide groups is 1. The summed E-state index contributed by atoms with van der Waals surface area (Å²) in [6.07, 6.45) is 1.39. The van der Waals surface area contributed by atoms with Crippen molar-refractivity contribution in [3.8, 4) is 5.75 Å². The fourth-order valence-corrected chi connectivity index (χ4v) is 4.52. The van der Waals surface area contributed by atoms with Crippen molar-refractivity contribution in [2.24, 2.45) is 0 Å². The van der Waals surface area contributed by atoms with Gasteiger partial charge in [-0.05, 0) is 42.0 Å². The van der Waals surface area contributed by atoms with Gasteiger partial charge in [-0.3, -0.25) is 24.2 Å². The largest absolute Gasteiger partial charge is 0.495 e. The molecule has 1 aliphatic rings. The number of hydrogen-bond acceptors (Lipinski definition) is 6. The van der Waals surface area contributed by atoms with E-state index in [9.17, 15) is 26.8 Å². The lowest BCUT2D eigenvalue weighted by molar-refractivity contribution is 0.0640. The molecule has 0 bridgehead atoms. The molecular weight excluding hydrogens is 444 g/mol. The van der Waals surface area contributed by atoms with Gasteiger partial charge in [0, 0.05) is 12.3 Å². The normalized spacial score (nSPS) is 13.3. The van der Waals surface area contributed by atoms with Gasteiger partial charge >= 0.3 is 0 Å². The van der Waals surface area contributed by atoms with Crippen LogP contribution in [0.5, 0.6) is 5.75 Å². The Morgan fingerprint density at radius 3 is 2.56 bits per heavy atom. The van der Waals surface area contributed by atoms with Crippen LogP contribution in [-0.2, 0) is 16.6 Å². The van der Waals surface area contributed by atoms with Crippen molar-refractivity contribution in [3.05, 3.63) is 83.2 Å². The number of aromatic nitrogens is 1. The zero-order valence-corrected chi connectivity index (χ0v) is 17.3. The summed E-state index contributed by atoms with van der Waals surface area (Å²) in [5.74, 6) is -3.03. The van der Waals surface area contributed by atoms with Crippen LogP contribution in [0.3, 0.4) is 0 Å². The second kappa shape index (κ2) is 8.00. The average Bonchev–Trinajstić information content (AvgIpc) is 3.01. The molecule has 0 unspecified atom stereocenters. The second-order valence-corrected chi connectivity index (χ2v) is 8.46. The average molecular weight is 459 g/mol. The molecule has 1 aromatic heterocycles. The lowest BCUT2D eigenvalue weighted by atomic mass is 10.2. The summed E-state index contributed by atoms with van der Waals surface area (Å²) in [7, 11) is -3.17. The maximum atomic E-state index is 14.0. The van der Waals surface area contributed by atoms with Crippen molar-refractivity contribution in [3.63, 3.8) is 0 Å². The lowest BCUT2D eigenvalue weighted by Gasteiger charge is -2.16. The Hall–Kier alpha value is -3.86. The van der Waals surface area contributed by atoms with Crippen LogP contribution in [0, 0.1) is 11.6 Å². The molecule has 1 aliphatic heterocycles. The quantitative estimate of drug-likeness (QED) is 0.568. The Kier molecular flexibility index (Phi) is 5.35. The SMILES string of the molecule is COc1ccc(CN2C(=O)c3cccnc3C2=O)cc1S(=O)(=O)Nc1cc(F)ccc1F. The molecule has 164 valence electrons. The molecule has 4 rings (SSSR count). The summed E-state index contributed by atoms with van der Waals surface area (Å²) in [6.45, 7) is -0.227. The van der Waals surface area contributed by atoms with E-state index >= 15 is 0 Å². The van der Waals surface area contributed by atoms with Crippen molar-refractivity contribution in [2.75, 3.05) is 11.8 Å². The number of carbonyl (C=O) groups is 2. The maximum absolute atomic E-state index is 14.0.